The summed E-state index contributed by atoms with van der Waals surface area (Å²) in [6.07, 6.45) is 2.07. The number of likely N-dealkylation sites (tertiary alicyclic amines) is 1. The molecule has 1 saturated heterocycles. The highest BCUT2D eigenvalue weighted by Crippen LogP contribution is 2.30. The van der Waals surface area contributed by atoms with Crippen LogP contribution in [0.1, 0.15) is 35.9 Å². The van der Waals surface area contributed by atoms with E-state index in [0.29, 0.717) is 17.2 Å². The SMILES string of the molecule is COc1ccsc1C(=O)N1CCCC(C(C)CC(=O)O)C1. The van der Waals surface area contributed by atoms with Gasteiger partial charge in [-0.1, -0.05) is 6.92 Å². The minimum atomic E-state index is -0.772. The maximum Gasteiger partial charge on any atom is 0.303 e. The van der Waals surface area contributed by atoms with Crippen LogP contribution in [-0.4, -0.2) is 42.1 Å². The maximum absolute atomic E-state index is 12.6. The smallest absolute Gasteiger partial charge is 0.303 e. The summed E-state index contributed by atoms with van der Waals surface area (Å²) < 4.78 is 5.21. The lowest BCUT2D eigenvalue weighted by atomic mass is 9.84. The first-order valence-electron chi connectivity index (χ1n) is 7.15. The molecule has 2 unspecified atom stereocenters. The van der Waals surface area contributed by atoms with Crippen LogP contribution in [0.3, 0.4) is 0 Å². The molecule has 5 nitrogen and oxygen atoms in total. The second-order valence-corrected chi connectivity index (χ2v) is 6.46. The van der Waals surface area contributed by atoms with Gasteiger partial charge in [-0.2, -0.15) is 0 Å². The Morgan fingerprint density at radius 2 is 2.33 bits per heavy atom. The summed E-state index contributed by atoms with van der Waals surface area (Å²) in [5, 5.41) is 10.8. The molecule has 0 saturated carbocycles. The maximum atomic E-state index is 12.6. The van der Waals surface area contributed by atoms with Crippen molar-refractivity contribution in [2.24, 2.45) is 11.8 Å². The van der Waals surface area contributed by atoms with Gasteiger partial charge in [-0.25, -0.2) is 0 Å². The van der Waals surface area contributed by atoms with Gasteiger partial charge in [-0.3, -0.25) is 9.59 Å². The van der Waals surface area contributed by atoms with Crippen LogP contribution in [0.2, 0.25) is 0 Å². The summed E-state index contributed by atoms with van der Waals surface area (Å²) in [6.45, 7) is 3.32. The molecule has 1 aromatic rings. The number of carboxylic acids is 1. The molecule has 0 bridgehead atoms. The lowest BCUT2D eigenvalue weighted by Gasteiger charge is -2.35. The number of methoxy groups -OCH3 is 1. The molecule has 0 aromatic carbocycles. The predicted octanol–water partition coefficient (Wildman–Crippen LogP) is 2.72. The fourth-order valence-corrected chi connectivity index (χ4v) is 3.68. The number of nitrogens with zero attached hydrogens (tertiary/aromatic N) is 1. The highest BCUT2D eigenvalue weighted by molar-refractivity contribution is 7.12. The van der Waals surface area contributed by atoms with Gasteiger partial charge in [0.05, 0.1) is 7.11 Å². The Morgan fingerprint density at radius 3 is 3.00 bits per heavy atom. The average molecular weight is 311 g/mol. The number of rotatable bonds is 5. The number of carbonyl (C=O) groups is 2. The van der Waals surface area contributed by atoms with Crippen LogP contribution in [0.5, 0.6) is 5.75 Å². The largest absolute Gasteiger partial charge is 0.495 e. The summed E-state index contributed by atoms with van der Waals surface area (Å²) in [7, 11) is 1.56. The molecule has 2 heterocycles. The number of piperidine rings is 1. The zero-order valence-corrected chi connectivity index (χ0v) is 13.2. The molecular weight excluding hydrogens is 290 g/mol. The molecule has 0 aliphatic carbocycles. The number of ether oxygens (including phenoxy) is 1. The Kier molecular flexibility index (Phi) is 5.22. The van der Waals surface area contributed by atoms with Crippen molar-refractivity contribution in [1.29, 1.82) is 0 Å². The second-order valence-electron chi connectivity index (χ2n) is 5.55. The third-order valence-electron chi connectivity index (χ3n) is 4.09. The van der Waals surface area contributed by atoms with Gasteiger partial charge < -0.3 is 14.7 Å². The van der Waals surface area contributed by atoms with Crippen LogP contribution in [0.25, 0.3) is 0 Å². The average Bonchev–Trinajstić information content (AvgIpc) is 2.94. The minimum Gasteiger partial charge on any atom is -0.495 e. The van der Waals surface area contributed by atoms with E-state index in [4.69, 9.17) is 9.84 Å². The molecule has 1 amide bonds. The second kappa shape index (κ2) is 6.93. The van der Waals surface area contributed by atoms with Crippen molar-refractivity contribution in [2.75, 3.05) is 20.2 Å². The van der Waals surface area contributed by atoms with Gasteiger partial charge in [0.25, 0.3) is 5.91 Å². The summed E-state index contributed by atoms with van der Waals surface area (Å²) in [6, 6.07) is 1.80. The third-order valence-corrected chi connectivity index (χ3v) is 4.97. The first kappa shape index (κ1) is 15.8. The molecule has 2 rings (SSSR count). The van der Waals surface area contributed by atoms with Gasteiger partial charge in [0.2, 0.25) is 0 Å². The van der Waals surface area contributed by atoms with Crippen LogP contribution in [0, 0.1) is 11.8 Å². The van der Waals surface area contributed by atoms with Gasteiger partial charge in [0.1, 0.15) is 10.6 Å². The Hall–Kier alpha value is -1.56. The van der Waals surface area contributed by atoms with Crippen molar-refractivity contribution >= 4 is 23.2 Å². The van der Waals surface area contributed by atoms with Gasteiger partial charge in [0, 0.05) is 19.5 Å². The number of aliphatic carboxylic acids is 1. The first-order valence-corrected chi connectivity index (χ1v) is 8.03. The predicted molar refractivity (Wildman–Crippen MR) is 80.9 cm³/mol. The van der Waals surface area contributed by atoms with Crippen LogP contribution in [0.4, 0.5) is 0 Å². The molecule has 0 spiro atoms. The van der Waals surface area contributed by atoms with E-state index in [1.807, 2.05) is 17.2 Å². The third kappa shape index (κ3) is 3.75. The molecule has 1 fully saturated rings. The Morgan fingerprint density at radius 1 is 1.57 bits per heavy atom. The van der Waals surface area contributed by atoms with Crippen molar-refractivity contribution in [3.05, 3.63) is 16.3 Å². The van der Waals surface area contributed by atoms with Gasteiger partial charge in [0.15, 0.2) is 0 Å². The van der Waals surface area contributed by atoms with Crippen molar-refractivity contribution in [1.82, 2.24) is 4.90 Å². The van der Waals surface area contributed by atoms with Crippen molar-refractivity contribution in [2.45, 2.75) is 26.2 Å². The van der Waals surface area contributed by atoms with Gasteiger partial charge in [-0.15, -0.1) is 11.3 Å². The Balaban J connectivity index is 2.03. The number of hydrogen-bond acceptors (Lipinski definition) is 4. The molecule has 1 aliphatic heterocycles. The zero-order valence-electron chi connectivity index (χ0n) is 12.4. The molecule has 21 heavy (non-hydrogen) atoms. The fourth-order valence-electron chi connectivity index (χ4n) is 2.86. The monoisotopic (exact) mass is 311 g/mol. The summed E-state index contributed by atoms with van der Waals surface area (Å²) in [5.74, 6) is 0.179. The number of hydrogen-bond donors (Lipinski definition) is 1. The van der Waals surface area contributed by atoms with E-state index in [0.717, 1.165) is 19.4 Å². The topological polar surface area (TPSA) is 66.8 Å². The van der Waals surface area contributed by atoms with Crippen LogP contribution >= 0.6 is 11.3 Å². The Labute approximate surface area is 128 Å². The number of amides is 1. The number of thiophene rings is 1. The van der Waals surface area contributed by atoms with E-state index < -0.39 is 5.97 Å². The molecule has 1 N–H and O–H groups in total. The standard InChI is InChI=1S/C15H21NO4S/c1-10(8-13(17)18)11-4-3-6-16(9-11)15(19)14-12(20-2)5-7-21-14/h5,7,10-11H,3-4,6,8-9H2,1-2H3,(H,17,18). The van der Waals surface area contributed by atoms with E-state index >= 15 is 0 Å². The first-order chi connectivity index (χ1) is 10.0. The lowest BCUT2D eigenvalue weighted by molar-refractivity contribution is -0.138. The molecule has 1 aromatic heterocycles. The summed E-state index contributed by atoms with van der Waals surface area (Å²) in [4.78, 5) is 25.9. The number of carboxylic acid groups (broad SMARTS) is 1. The Bertz CT molecular complexity index is 514. The van der Waals surface area contributed by atoms with Crippen LogP contribution in [-0.2, 0) is 4.79 Å². The zero-order chi connectivity index (χ0) is 15.4. The van der Waals surface area contributed by atoms with E-state index in [1.165, 1.54) is 11.3 Å². The van der Waals surface area contributed by atoms with Gasteiger partial charge >= 0.3 is 5.97 Å². The molecule has 116 valence electrons. The van der Waals surface area contributed by atoms with Crippen LogP contribution in [0.15, 0.2) is 11.4 Å². The van der Waals surface area contributed by atoms with E-state index in [2.05, 4.69) is 0 Å². The summed E-state index contributed by atoms with van der Waals surface area (Å²) >= 11 is 1.39. The molecule has 2 atom stereocenters. The van der Waals surface area contributed by atoms with E-state index in [9.17, 15) is 9.59 Å². The van der Waals surface area contributed by atoms with E-state index in [-0.39, 0.29) is 24.2 Å². The normalized spacial score (nSPS) is 20.1. The fraction of sp³-hybridized carbons (Fsp3) is 0.600. The minimum absolute atomic E-state index is 0.00549. The highest BCUT2D eigenvalue weighted by Gasteiger charge is 2.30. The number of carbonyl (C=O) groups excluding carboxylic acids is 1. The molecule has 1 aliphatic rings. The molecule has 0 radical (unpaired) electrons. The van der Waals surface area contributed by atoms with Crippen LogP contribution < -0.4 is 4.74 Å². The van der Waals surface area contributed by atoms with Crippen molar-refractivity contribution in [3.8, 4) is 5.75 Å². The van der Waals surface area contributed by atoms with Crippen molar-refractivity contribution < 1.29 is 19.4 Å². The van der Waals surface area contributed by atoms with Gasteiger partial charge in [-0.05, 0) is 36.1 Å². The van der Waals surface area contributed by atoms with Crippen molar-refractivity contribution in [3.63, 3.8) is 0 Å². The summed E-state index contributed by atoms with van der Waals surface area (Å²) in [5.41, 5.74) is 0. The highest BCUT2D eigenvalue weighted by atomic mass is 32.1. The molecular formula is C15H21NO4S. The lowest BCUT2D eigenvalue weighted by Crippen LogP contribution is -2.41. The van der Waals surface area contributed by atoms with E-state index in [1.54, 1.807) is 13.2 Å². The molecule has 6 heteroatoms. The quantitative estimate of drug-likeness (QED) is 0.908.